The van der Waals surface area contributed by atoms with Crippen molar-refractivity contribution in [2.75, 3.05) is 73.5 Å². The second-order valence-electron chi connectivity index (χ2n) is 11.8. The molecule has 36 heavy (non-hydrogen) atoms. The largest absolute Gasteiger partial charge is 0.455 e. The molecule has 0 fully saturated rings. The van der Waals surface area contributed by atoms with Gasteiger partial charge in [0, 0.05) is 19.6 Å². The number of quaternary nitrogens is 1. The van der Waals surface area contributed by atoms with Crippen LogP contribution in [0.5, 0.6) is 0 Å². The summed E-state index contributed by atoms with van der Waals surface area (Å²) in [5, 5.41) is 27.6. The van der Waals surface area contributed by atoms with Crippen LogP contribution in [-0.4, -0.2) is 127 Å². The molecule has 4 N–H and O–H groups in total. The predicted octanol–water partition coefficient (Wildman–Crippen LogP) is 2.63. The molecule has 0 saturated heterocycles. The summed E-state index contributed by atoms with van der Waals surface area (Å²) in [6.07, 6.45) is 1.74. The molecule has 0 aliphatic carbocycles. The maximum absolute atomic E-state index is 12.3. The molecule has 10 nitrogen and oxygen atoms in total. The average molecular weight is 577 g/mol. The smallest absolute Gasteiger partial charge is 0.328 e. The van der Waals surface area contributed by atoms with E-state index in [1.54, 1.807) is 0 Å². The van der Waals surface area contributed by atoms with Crippen molar-refractivity contribution in [1.82, 2.24) is 0 Å². The average Bonchev–Trinajstić information content (AvgIpc) is 2.72. The first-order chi connectivity index (χ1) is 16.5. The van der Waals surface area contributed by atoms with E-state index in [9.17, 15) is 19.7 Å². The van der Waals surface area contributed by atoms with Gasteiger partial charge in [-0.05, 0) is 51.1 Å². The number of hydrogen-bond acceptors (Lipinski definition) is 8. The molecule has 0 aliphatic heterocycles. The molecule has 0 rings (SSSR count). The number of nitrogens with zero attached hydrogens (tertiary/aromatic N) is 1. The second kappa shape index (κ2) is 17.8. The van der Waals surface area contributed by atoms with E-state index in [4.69, 9.17) is 23.2 Å². The molecule has 0 amide bonds. The Balaban J connectivity index is 4.18. The third-order valence-corrected chi connectivity index (χ3v) is 14.6. The van der Waals surface area contributed by atoms with E-state index in [1.165, 1.54) is 0 Å². The summed E-state index contributed by atoms with van der Waals surface area (Å²) in [6.45, 7) is 10.3. The Morgan fingerprint density at radius 1 is 0.833 bits per heavy atom. The number of hydrogen-bond donors (Lipinski definition) is 4. The van der Waals surface area contributed by atoms with Crippen LogP contribution in [0.1, 0.15) is 25.7 Å². The summed E-state index contributed by atoms with van der Waals surface area (Å²) in [4.78, 5) is 10.1. The van der Waals surface area contributed by atoms with Crippen molar-refractivity contribution < 1.29 is 47.4 Å². The highest BCUT2D eigenvalue weighted by Gasteiger charge is 2.32. The van der Waals surface area contributed by atoms with Crippen LogP contribution in [0.3, 0.4) is 0 Å². The minimum atomic E-state index is -3.77. The van der Waals surface area contributed by atoms with Crippen molar-refractivity contribution in [1.29, 1.82) is 0 Å². The van der Waals surface area contributed by atoms with E-state index >= 15 is 0 Å². The fourth-order valence-electron chi connectivity index (χ4n) is 3.84. The summed E-state index contributed by atoms with van der Waals surface area (Å²) < 4.78 is 36.0. The lowest BCUT2D eigenvalue weighted by Gasteiger charge is -2.34. The van der Waals surface area contributed by atoms with Gasteiger partial charge in [0.25, 0.3) is 0 Å². The quantitative estimate of drug-likeness (QED) is 0.0627. The molecular formula is C23H55NO9PSi2+. The zero-order chi connectivity index (χ0) is 27.9. The van der Waals surface area contributed by atoms with Gasteiger partial charge in [0.15, 0.2) is 16.6 Å². The van der Waals surface area contributed by atoms with E-state index in [0.717, 1.165) is 37.9 Å². The SMILES string of the molecule is C[N+](C)(C)CCCP(=O)(O)OC(CO)COCCC[Si](C)(C)O[Si](C)(C)CCCCOCC(O)CO. The number of unbranched alkanes of at least 4 members (excludes halogenated alkanes) is 1. The van der Waals surface area contributed by atoms with Crippen molar-refractivity contribution in [3.63, 3.8) is 0 Å². The van der Waals surface area contributed by atoms with Gasteiger partial charge in [-0.15, -0.1) is 0 Å². The first kappa shape index (κ1) is 36.3. The lowest BCUT2D eigenvalue weighted by Crippen LogP contribution is -2.44. The molecule has 0 aromatic rings. The molecule has 3 atom stereocenters. The third kappa shape index (κ3) is 21.3. The topological polar surface area (TPSA) is 135 Å². The van der Waals surface area contributed by atoms with Crippen molar-refractivity contribution in [3.05, 3.63) is 0 Å². The number of ether oxygens (including phenoxy) is 2. The Hall–Kier alpha value is 0.304. The van der Waals surface area contributed by atoms with Gasteiger partial charge in [-0.25, -0.2) is 0 Å². The molecule has 0 aromatic carbocycles. The highest BCUT2D eigenvalue weighted by molar-refractivity contribution is 7.52. The lowest BCUT2D eigenvalue weighted by molar-refractivity contribution is -0.870. The zero-order valence-electron chi connectivity index (χ0n) is 23.8. The molecule has 13 heteroatoms. The van der Waals surface area contributed by atoms with Crippen LogP contribution in [-0.2, 0) is 22.7 Å². The maximum Gasteiger partial charge on any atom is 0.328 e. The van der Waals surface area contributed by atoms with Crippen molar-refractivity contribution in [2.24, 2.45) is 0 Å². The summed E-state index contributed by atoms with van der Waals surface area (Å²) in [6, 6.07) is 1.98. The predicted molar refractivity (Wildman–Crippen MR) is 148 cm³/mol. The highest BCUT2D eigenvalue weighted by atomic mass is 31.2. The van der Waals surface area contributed by atoms with E-state index in [2.05, 4.69) is 26.2 Å². The Kier molecular flexibility index (Phi) is 18.0. The molecule has 0 aromatic heterocycles. The lowest BCUT2D eigenvalue weighted by atomic mass is 10.3. The number of rotatable bonds is 23. The van der Waals surface area contributed by atoms with Gasteiger partial charge in [0.05, 0.1) is 60.3 Å². The van der Waals surface area contributed by atoms with E-state index < -0.39 is 36.4 Å². The number of aliphatic hydroxyl groups is 3. The molecule has 0 aliphatic rings. The molecule has 218 valence electrons. The standard InChI is InChI=1S/C23H54NO9PSi2/c1-24(2,3)12-10-15-34(28,29)32-23(19-26)21-31-14-11-17-36(6,7)33-35(4,5)16-9-8-13-30-20-22(27)18-25/h22-23,25-27H,8-21H2,1-7H3/p+1. The van der Waals surface area contributed by atoms with Crippen molar-refractivity contribution in [3.8, 4) is 0 Å². The normalized spacial score (nSPS) is 16.6. The summed E-state index contributed by atoms with van der Waals surface area (Å²) in [5.41, 5.74) is 0. The number of aliphatic hydroxyl groups excluding tert-OH is 3. The summed E-state index contributed by atoms with van der Waals surface area (Å²) in [5.74, 6) is 0. The Bertz CT molecular complexity index is 621. The Labute approximate surface area is 221 Å². The van der Waals surface area contributed by atoms with Crippen LogP contribution in [0.15, 0.2) is 0 Å². The third-order valence-electron chi connectivity index (χ3n) is 5.55. The molecule has 0 bridgehead atoms. The van der Waals surface area contributed by atoms with Crippen LogP contribution in [0.25, 0.3) is 0 Å². The van der Waals surface area contributed by atoms with Gasteiger partial charge in [-0.1, -0.05) is 6.42 Å². The Morgan fingerprint density at radius 3 is 1.94 bits per heavy atom. The van der Waals surface area contributed by atoms with E-state index in [1.807, 2.05) is 21.1 Å². The van der Waals surface area contributed by atoms with Crippen LogP contribution < -0.4 is 0 Å². The summed E-state index contributed by atoms with van der Waals surface area (Å²) in [7, 11) is -1.36. The van der Waals surface area contributed by atoms with E-state index in [0.29, 0.717) is 24.1 Å². The van der Waals surface area contributed by atoms with Gasteiger partial charge in [0.1, 0.15) is 12.2 Å². The molecule has 0 spiro atoms. The maximum atomic E-state index is 12.3. The molecular weight excluding hydrogens is 521 g/mol. The fourth-order valence-corrected chi connectivity index (χ4v) is 14.0. The van der Waals surface area contributed by atoms with E-state index in [-0.39, 0.29) is 32.6 Å². The zero-order valence-corrected chi connectivity index (χ0v) is 26.7. The van der Waals surface area contributed by atoms with Gasteiger partial charge in [-0.3, -0.25) is 4.57 Å². The van der Waals surface area contributed by atoms with Gasteiger partial charge in [0.2, 0.25) is 0 Å². The fraction of sp³-hybridized carbons (Fsp3) is 1.00. The van der Waals surface area contributed by atoms with Gasteiger partial charge < -0.3 is 42.8 Å². The van der Waals surface area contributed by atoms with Crippen LogP contribution in [0.2, 0.25) is 38.3 Å². The first-order valence-electron chi connectivity index (χ1n) is 13.1. The minimum Gasteiger partial charge on any atom is -0.455 e. The first-order valence-corrected chi connectivity index (χ1v) is 21.1. The van der Waals surface area contributed by atoms with Crippen molar-refractivity contribution in [2.45, 2.75) is 76.2 Å². The summed E-state index contributed by atoms with van der Waals surface area (Å²) >= 11 is 0. The monoisotopic (exact) mass is 576 g/mol. The highest BCUT2D eigenvalue weighted by Crippen LogP contribution is 2.44. The molecule has 0 radical (unpaired) electrons. The van der Waals surface area contributed by atoms with Crippen molar-refractivity contribution >= 4 is 24.2 Å². The van der Waals surface area contributed by atoms with Crippen LogP contribution in [0, 0.1) is 0 Å². The van der Waals surface area contributed by atoms with Gasteiger partial charge >= 0.3 is 7.60 Å². The Morgan fingerprint density at radius 2 is 1.39 bits per heavy atom. The second-order valence-corrected chi connectivity index (χ2v) is 22.6. The van der Waals surface area contributed by atoms with Crippen LogP contribution in [0.4, 0.5) is 0 Å². The molecule has 0 heterocycles. The van der Waals surface area contributed by atoms with Crippen LogP contribution >= 0.6 is 7.60 Å². The van der Waals surface area contributed by atoms with Gasteiger partial charge in [-0.2, -0.15) is 0 Å². The molecule has 3 unspecified atom stereocenters. The molecule has 0 saturated carbocycles. The minimum absolute atomic E-state index is 0.0652.